The number of H-pyrrole nitrogens is 1. The summed E-state index contributed by atoms with van der Waals surface area (Å²) in [5.41, 5.74) is 4.59. The van der Waals surface area contributed by atoms with Gasteiger partial charge in [0.15, 0.2) is 5.96 Å². The highest BCUT2D eigenvalue weighted by Gasteiger charge is 2.24. The van der Waals surface area contributed by atoms with E-state index in [4.69, 9.17) is 4.99 Å². The van der Waals surface area contributed by atoms with E-state index in [0.29, 0.717) is 5.92 Å². The molecule has 0 saturated carbocycles. The van der Waals surface area contributed by atoms with Crippen molar-refractivity contribution >= 4 is 23.1 Å². The molecule has 2 N–H and O–H groups in total. The molecule has 5 nitrogen and oxygen atoms in total. The van der Waals surface area contributed by atoms with Gasteiger partial charge < -0.3 is 15.2 Å². The monoisotopic (exact) mass is 357 g/mol. The van der Waals surface area contributed by atoms with Crippen LogP contribution in [0.3, 0.4) is 0 Å². The zero-order chi connectivity index (χ0) is 18.1. The molecule has 5 rings (SSSR count). The Morgan fingerprint density at radius 2 is 1.89 bits per heavy atom. The van der Waals surface area contributed by atoms with Gasteiger partial charge in [0, 0.05) is 36.4 Å². The standard InChI is InChI=1S/C22H23N5/c1-2-5-16(6-3-1)17-8-11-27(12-9-17)22-25-15-19(26-22)13-18-14-24-21-20(18)7-4-10-23-21/h1-7,10,13-14,17H,8-9,11-12,15H2,(H,23,24)(H,25,26)/b19-13-. The maximum absolute atomic E-state index is 4.85. The van der Waals surface area contributed by atoms with Crippen LogP contribution in [-0.4, -0.2) is 40.5 Å². The van der Waals surface area contributed by atoms with Crippen molar-refractivity contribution in [2.45, 2.75) is 18.8 Å². The number of benzene rings is 1. The van der Waals surface area contributed by atoms with E-state index >= 15 is 0 Å². The van der Waals surface area contributed by atoms with E-state index in [9.17, 15) is 0 Å². The van der Waals surface area contributed by atoms with Gasteiger partial charge in [0.05, 0.1) is 12.2 Å². The van der Waals surface area contributed by atoms with Crippen LogP contribution in [0.1, 0.15) is 29.9 Å². The Balaban J connectivity index is 1.29. The number of piperidine rings is 1. The summed E-state index contributed by atoms with van der Waals surface area (Å²) in [4.78, 5) is 14.8. The first-order valence-electron chi connectivity index (χ1n) is 9.62. The number of likely N-dealkylation sites (tertiary alicyclic amines) is 1. The van der Waals surface area contributed by atoms with Gasteiger partial charge in [-0.3, -0.25) is 0 Å². The van der Waals surface area contributed by atoms with Gasteiger partial charge in [-0.25, -0.2) is 9.98 Å². The van der Waals surface area contributed by atoms with Gasteiger partial charge >= 0.3 is 0 Å². The number of aromatic amines is 1. The number of guanidine groups is 1. The van der Waals surface area contributed by atoms with Crippen molar-refractivity contribution in [3.8, 4) is 0 Å². The van der Waals surface area contributed by atoms with E-state index in [1.165, 1.54) is 18.4 Å². The average Bonchev–Trinajstić information content (AvgIpc) is 3.37. The van der Waals surface area contributed by atoms with Crippen LogP contribution in [0.5, 0.6) is 0 Å². The van der Waals surface area contributed by atoms with Crippen LogP contribution in [0.15, 0.2) is 65.5 Å². The quantitative estimate of drug-likeness (QED) is 0.734. The highest BCUT2D eigenvalue weighted by molar-refractivity contribution is 5.89. The van der Waals surface area contributed by atoms with Crippen molar-refractivity contribution in [1.82, 2.24) is 20.2 Å². The Hall–Kier alpha value is -3.08. The predicted octanol–water partition coefficient (Wildman–Crippen LogP) is 3.74. The van der Waals surface area contributed by atoms with Crippen LogP contribution in [0, 0.1) is 0 Å². The first-order chi connectivity index (χ1) is 13.4. The molecule has 0 radical (unpaired) electrons. The Morgan fingerprint density at radius 1 is 1.04 bits per heavy atom. The van der Waals surface area contributed by atoms with E-state index in [2.05, 4.69) is 62.7 Å². The topological polar surface area (TPSA) is 56.3 Å². The molecule has 0 spiro atoms. The molecule has 4 heterocycles. The fourth-order valence-electron chi connectivity index (χ4n) is 4.08. The summed E-state index contributed by atoms with van der Waals surface area (Å²) in [6, 6.07) is 14.9. The highest BCUT2D eigenvalue weighted by atomic mass is 15.3. The van der Waals surface area contributed by atoms with Gasteiger partial charge in [-0.2, -0.15) is 0 Å². The second kappa shape index (κ2) is 6.91. The predicted molar refractivity (Wildman–Crippen MR) is 109 cm³/mol. The Morgan fingerprint density at radius 3 is 2.74 bits per heavy atom. The first kappa shape index (κ1) is 16.1. The van der Waals surface area contributed by atoms with E-state index < -0.39 is 0 Å². The lowest BCUT2D eigenvalue weighted by molar-refractivity contribution is 0.307. The molecule has 1 aromatic carbocycles. The second-order valence-electron chi connectivity index (χ2n) is 7.24. The highest BCUT2D eigenvalue weighted by Crippen LogP contribution is 2.28. The minimum absolute atomic E-state index is 0.665. The van der Waals surface area contributed by atoms with Gasteiger partial charge in [0.25, 0.3) is 0 Å². The molecule has 0 atom stereocenters. The van der Waals surface area contributed by atoms with E-state index in [-0.39, 0.29) is 0 Å². The third kappa shape index (κ3) is 3.21. The fourth-order valence-corrected chi connectivity index (χ4v) is 4.08. The molecular formula is C22H23N5. The molecule has 0 bridgehead atoms. The van der Waals surface area contributed by atoms with E-state index in [1.54, 1.807) is 0 Å². The number of nitrogens with zero attached hydrogens (tertiary/aromatic N) is 3. The van der Waals surface area contributed by atoms with Crippen LogP contribution < -0.4 is 5.32 Å². The molecule has 1 fully saturated rings. The van der Waals surface area contributed by atoms with Crippen molar-refractivity contribution in [2.24, 2.45) is 4.99 Å². The first-order valence-corrected chi connectivity index (χ1v) is 9.62. The lowest BCUT2D eigenvalue weighted by Gasteiger charge is -2.33. The van der Waals surface area contributed by atoms with Crippen LogP contribution in [0.4, 0.5) is 0 Å². The van der Waals surface area contributed by atoms with Crippen LogP contribution in [-0.2, 0) is 0 Å². The van der Waals surface area contributed by atoms with Gasteiger partial charge in [0.2, 0.25) is 0 Å². The summed E-state index contributed by atoms with van der Waals surface area (Å²) in [5.74, 6) is 1.68. The molecule has 5 heteroatoms. The average molecular weight is 357 g/mol. The molecule has 136 valence electrons. The van der Waals surface area contributed by atoms with Crippen LogP contribution >= 0.6 is 0 Å². The summed E-state index contributed by atoms with van der Waals surface area (Å²) in [6.45, 7) is 2.88. The molecule has 3 aromatic rings. The minimum Gasteiger partial charge on any atom is -0.350 e. The summed E-state index contributed by atoms with van der Waals surface area (Å²) < 4.78 is 0. The van der Waals surface area contributed by atoms with Gasteiger partial charge in [-0.1, -0.05) is 30.3 Å². The van der Waals surface area contributed by atoms with E-state index in [1.807, 2.05) is 18.5 Å². The van der Waals surface area contributed by atoms with Crippen LogP contribution in [0.2, 0.25) is 0 Å². The number of hydrogen-bond donors (Lipinski definition) is 2. The fraction of sp³-hybridized carbons (Fsp3) is 0.273. The number of aliphatic imine (C=N–C) groups is 1. The molecular weight excluding hydrogens is 334 g/mol. The van der Waals surface area contributed by atoms with Crippen LogP contribution in [0.25, 0.3) is 17.1 Å². The molecule has 0 aliphatic carbocycles. The summed E-state index contributed by atoms with van der Waals surface area (Å²) >= 11 is 0. The summed E-state index contributed by atoms with van der Waals surface area (Å²) in [7, 11) is 0. The van der Waals surface area contributed by atoms with Crippen molar-refractivity contribution < 1.29 is 0 Å². The number of pyridine rings is 1. The Labute approximate surface area is 158 Å². The number of hydrogen-bond acceptors (Lipinski definition) is 4. The molecule has 0 unspecified atom stereocenters. The summed E-state index contributed by atoms with van der Waals surface area (Å²) in [5, 5.41) is 4.61. The third-order valence-electron chi connectivity index (χ3n) is 5.55. The van der Waals surface area contributed by atoms with Crippen molar-refractivity contribution in [2.75, 3.05) is 19.6 Å². The number of fused-ring (bicyclic) bond motifs is 1. The molecule has 0 amide bonds. The molecule has 2 aromatic heterocycles. The Bertz CT molecular complexity index is 994. The van der Waals surface area contributed by atoms with Crippen molar-refractivity contribution in [1.29, 1.82) is 0 Å². The smallest absolute Gasteiger partial charge is 0.199 e. The van der Waals surface area contributed by atoms with Crippen molar-refractivity contribution in [3.05, 3.63) is 71.7 Å². The molecule has 1 saturated heterocycles. The van der Waals surface area contributed by atoms with Gasteiger partial charge in [-0.15, -0.1) is 0 Å². The molecule has 2 aliphatic heterocycles. The molecule has 27 heavy (non-hydrogen) atoms. The van der Waals surface area contributed by atoms with Gasteiger partial charge in [-0.05, 0) is 42.5 Å². The third-order valence-corrected chi connectivity index (χ3v) is 5.55. The maximum atomic E-state index is 4.85. The largest absolute Gasteiger partial charge is 0.350 e. The maximum Gasteiger partial charge on any atom is 0.199 e. The zero-order valence-corrected chi connectivity index (χ0v) is 15.2. The van der Waals surface area contributed by atoms with Gasteiger partial charge in [0.1, 0.15) is 5.65 Å². The zero-order valence-electron chi connectivity index (χ0n) is 15.2. The minimum atomic E-state index is 0.665. The molecule has 2 aliphatic rings. The lowest BCUT2D eigenvalue weighted by Crippen LogP contribution is -2.43. The second-order valence-corrected chi connectivity index (χ2v) is 7.24. The Kier molecular flexibility index (Phi) is 4.13. The number of aromatic nitrogens is 2. The summed E-state index contributed by atoms with van der Waals surface area (Å²) in [6.07, 6.45) is 8.32. The van der Waals surface area contributed by atoms with E-state index in [0.717, 1.165) is 47.9 Å². The SMILES string of the molecule is C(=C1\CNC(N2CCC(c3ccccc3)CC2)=N1)/c1c[nH]c2ncccc12. The number of rotatable bonds is 2. The number of nitrogens with one attached hydrogen (secondary N) is 2. The normalized spacial score (nSPS) is 19.5. The van der Waals surface area contributed by atoms with Crippen molar-refractivity contribution in [3.63, 3.8) is 0 Å². The lowest BCUT2D eigenvalue weighted by atomic mass is 9.90.